The molecule has 1 aliphatic heterocycles. The van der Waals surface area contributed by atoms with Gasteiger partial charge in [-0.15, -0.1) is 0 Å². The van der Waals surface area contributed by atoms with Gasteiger partial charge in [-0.3, -0.25) is 0 Å². The molecule has 3 nitrogen and oxygen atoms in total. The molecule has 1 aromatic carbocycles. The minimum absolute atomic E-state index is 0.109. The molecule has 0 aromatic heterocycles. The minimum atomic E-state index is -4.37. The molecule has 1 saturated heterocycles. The Balaban J connectivity index is 2.02. The van der Waals surface area contributed by atoms with Gasteiger partial charge in [0.1, 0.15) is 6.10 Å². The third kappa shape index (κ3) is 3.92. The lowest BCUT2D eigenvalue weighted by molar-refractivity contribution is -0.138. The summed E-state index contributed by atoms with van der Waals surface area (Å²) in [5, 5.41) is 9.93. The van der Waals surface area contributed by atoms with Gasteiger partial charge in [0, 0.05) is 6.42 Å². The van der Waals surface area contributed by atoms with Crippen LogP contribution >= 0.6 is 0 Å². The Hall–Kier alpha value is -1.11. The van der Waals surface area contributed by atoms with Gasteiger partial charge in [-0.2, -0.15) is 13.2 Å². The van der Waals surface area contributed by atoms with E-state index in [1.54, 1.807) is 6.07 Å². The summed E-state index contributed by atoms with van der Waals surface area (Å²) < 4.78 is 48.1. The number of rotatable bonds is 3. The molecule has 106 valence electrons. The van der Waals surface area contributed by atoms with Gasteiger partial charge in [-0.25, -0.2) is 0 Å². The van der Waals surface area contributed by atoms with Crippen LogP contribution in [0.4, 0.5) is 13.2 Å². The molecule has 1 N–H and O–H groups in total. The number of aliphatic hydroxyl groups excluding tert-OH is 1. The predicted molar refractivity (Wildman–Crippen MR) is 61.7 cm³/mol. The average Bonchev–Trinajstić information content (AvgIpc) is 2.39. The van der Waals surface area contributed by atoms with Crippen molar-refractivity contribution in [3.8, 4) is 0 Å². The van der Waals surface area contributed by atoms with Crippen molar-refractivity contribution in [1.82, 2.24) is 0 Å². The van der Waals surface area contributed by atoms with Crippen molar-refractivity contribution in [2.24, 2.45) is 0 Å². The molecule has 6 heteroatoms. The molecule has 0 amide bonds. The number of halogens is 3. The standard InChI is InChI=1S/C13H15F3O3/c14-13(15,16)10-3-1-2-9(6-10)7-11(17)12-8-18-4-5-19-12/h1-3,6,11-12,17H,4-5,7-8H2. The molecule has 1 aromatic rings. The molecule has 0 saturated carbocycles. The Bertz CT molecular complexity index is 414. The summed E-state index contributed by atoms with van der Waals surface area (Å²) in [6.07, 6.45) is -5.62. The zero-order chi connectivity index (χ0) is 13.9. The average molecular weight is 276 g/mol. The first-order valence-corrected chi connectivity index (χ1v) is 6.00. The van der Waals surface area contributed by atoms with Crippen molar-refractivity contribution >= 4 is 0 Å². The Morgan fingerprint density at radius 1 is 1.32 bits per heavy atom. The fourth-order valence-corrected chi connectivity index (χ4v) is 1.98. The monoisotopic (exact) mass is 276 g/mol. The van der Waals surface area contributed by atoms with Crippen LogP contribution in [0.15, 0.2) is 24.3 Å². The third-order valence-corrected chi connectivity index (χ3v) is 2.97. The van der Waals surface area contributed by atoms with E-state index in [4.69, 9.17) is 9.47 Å². The first-order valence-electron chi connectivity index (χ1n) is 6.00. The minimum Gasteiger partial charge on any atom is -0.390 e. The molecule has 2 atom stereocenters. The van der Waals surface area contributed by atoms with Crippen LogP contribution < -0.4 is 0 Å². The van der Waals surface area contributed by atoms with Crippen molar-refractivity contribution < 1.29 is 27.8 Å². The zero-order valence-electron chi connectivity index (χ0n) is 10.2. The molecule has 1 heterocycles. The summed E-state index contributed by atoms with van der Waals surface area (Å²) >= 11 is 0. The van der Waals surface area contributed by atoms with Crippen LogP contribution in [0.1, 0.15) is 11.1 Å². The highest BCUT2D eigenvalue weighted by Gasteiger charge is 2.31. The summed E-state index contributed by atoms with van der Waals surface area (Å²) in [7, 11) is 0. The lowest BCUT2D eigenvalue weighted by Gasteiger charge is -2.27. The van der Waals surface area contributed by atoms with Crippen LogP contribution in [-0.2, 0) is 22.1 Å². The molecular formula is C13H15F3O3. The Morgan fingerprint density at radius 3 is 2.74 bits per heavy atom. The number of alkyl halides is 3. The smallest absolute Gasteiger partial charge is 0.390 e. The maximum atomic E-state index is 12.6. The zero-order valence-corrected chi connectivity index (χ0v) is 10.2. The largest absolute Gasteiger partial charge is 0.416 e. The first-order chi connectivity index (χ1) is 8.97. The Kier molecular flexibility index (Phi) is 4.44. The predicted octanol–water partition coefficient (Wildman–Crippen LogP) is 2.02. The quantitative estimate of drug-likeness (QED) is 0.918. The SMILES string of the molecule is OC(Cc1cccc(C(F)(F)F)c1)C1COCCO1. The van der Waals surface area contributed by atoms with Crippen LogP contribution in [0.2, 0.25) is 0 Å². The lowest BCUT2D eigenvalue weighted by atomic mass is 10.0. The van der Waals surface area contributed by atoms with Crippen LogP contribution in [0.3, 0.4) is 0 Å². The van der Waals surface area contributed by atoms with E-state index in [1.807, 2.05) is 0 Å². The number of benzene rings is 1. The molecular weight excluding hydrogens is 261 g/mol. The van der Waals surface area contributed by atoms with Crippen molar-refractivity contribution in [2.45, 2.75) is 24.8 Å². The number of hydrogen-bond donors (Lipinski definition) is 1. The second kappa shape index (κ2) is 5.90. The number of hydrogen-bond acceptors (Lipinski definition) is 3. The summed E-state index contributed by atoms with van der Waals surface area (Å²) in [6, 6.07) is 4.95. The molecule has 0 aliphatic carbocycles. The van der Waals surface area contributed by atoms with E-state index in [0.717, 1.165) is 12.1 Å². The fraction of sp³-hybridized carbons (Fsp3) is 0.538. The van der Waals surface area contributed by atoms with Gasteiger partial charge >= 0.3 is 6.18 Å². The van der Waals surface area contributed by atoms with Gasteiger partial charge in [0.25, 0.3) is 0 Å². The van der Waals surface area contributed by atoms with Crippen molar-refractivity contribution in [3.63, 3.8) is 0 Å². The lowest BCUT2D eigenvalue weighted by Crippen LogP contribution is -2.39. The molecule has 0 spiro atoms. The van der Waals surface area contributed by atoms with Gasteiger partial charge in [0.2, 0.25) is 0 Å². The molecule has 1 aliphatic rings. The van der Waals surface area contributed by atoms with E-state index in [2.05, 4.69) is 0 Å². The Morgan fingerprint density at radius 2 is 2.11 bits per heavy atom. The van der Waals surface area contributed by atoms with Crippen molar-refractivity contribution in [1.29, 1.82) is 0 Å². The van der Waals surface area contributed by atoms with Gasteiger partial charge < -0.3 is 14.6 Å². The summed E-state index contributed by atoms with van der Waals surface area (Å²) in [4.78, 5) is 0. The fourth-order valence-electron chi connectivity index (χ4n) is 1.98. The summed E-state index contributed by atoms with van der Waals surface area (Å²) in [6.45, 7) is 1.14. The summed E-state index contributed by atoms with van der Waals surface area (Å²) in [5.74, 6) is 0. The van der Waals surface area contributed by atoms with Crippen molar-refractivity contribution in [3.05, 3.63) is 35.4 Å². The normalized spacial score (nSPS) is 22.2. The molecule has 2 unspecified atom stereocenters. The second-order valence-electron chi connectivity index (χ2n) is 4.45. The van der Waals surface area contributed by atoms with Gasteiger partial charge in [-0.05, 0) is 11.6 Å². The van der Waals surface area contributed by atoms with E-state index in [1.165, 1.54) is 6.07 Å². The first kappa shape index (κ1) is 14.3. The molecule has 0 bridgehead atoms. The van der Waals surface area contributed by atoms with Crippen LogP contribution in [0.5, 0.6) is 0 Å². The van der Waals surface area contributed by atoms with Crippen LogP contribution in [0, 0.1) is 0 Å². The van der Waals surface area contributed by atoms with E-state index >= 15 is 0 Å². The molecule has 0 radical (unpaired) electrons. The third-order valence-electron chi connectivity index (χ3n) is 2.97. The summed E-state index contributed by atoms with van der Waals surface area (Å²) in [5.41, 5.74) is -0.283. The second-order valence-corrected chi connectivity index (χ2v) is 4.45. The van der Waals surface area contributed by atoms with E-state index in [-0.39, 0.29) is 13.0 Å². The highest BCUT2D eigenvalue weighted by Crippen LogP contribution is 2.29. The van der Waals surface area contributed by atoms with E-state index in [0.29, 0.717) is 18.8 Å². The molecule has 2 rings (SSSR count). The molecule has 19 heavy (non-hydrogen) atoms. The maximum Gasteiger partial charge on any atom is 0.416 e. The van der Waals surface area contributed by atoms with Gasteiger partial charge in [0.15, 0.2) is 0 Å². The van der Waals surface area contributed by atoms with Gasteiger partial charge in [0.05, 0.1) is 31.5 Å². The highest BCUT2D eigenvalue weighted by atomic mass is 19.4. The Labute approximate surface area is 108 Å². The highest BCUT2D eigenvalue weighted by molar-refractivity contribution is 5.26. The maximum absolute atomic E-state index is 12.6. The van der Waals surface area contributed by atoms with Crippen molar-refractivity contribution in [2.75, 3.05) is 19.8 Å². The topological polar surface area (TPSA) is 38.7 Å². The van der Waals surface area contributed by atoms with E-state index in [9.17, 15) is 18.3 Å². The van der Waals surface area contributed by atoms with Gasteiger partial charge in [-0.1, -0.05) is 18.2 Å². The number of ether oxygens (including phenoxy) is 2. The van der Waals surface area contributed by atoms with Crippen LogP contribution in [-0.4, -0.2) is 37.1 Å². The molecule has 1 fully saturated rings. The van der Waals surface area contributed by atoms with E-state index < -0.39 is 23.9 Å². The van der Waals surface area contributed by atoms with Crippen LogP contribution in [0.25, 0.3) is 0 Å². The number of aliphatic hydroxyl groups is 1.